The zero-order valence-corrected chi connectivity index (χ0v) is 17.0. The lowest BCUT2D eigenvalue weighted by Crippen LogP contribution is -2.62. The number of halogens is 2. The largest absolute Gasteiger partial charge is 0.508 e. The summed E-state index contributed by atoms with van der Waals surface area (Å²) >= 11 is 0. The summed E-state index contributed by atoms with van der Waals surface area (Å²) in [7, 11) is 0. The van der Waals surface area contributed by atoms with Gasteiger partial charge in [0.2, 0.25) is 5.91 Å². The monoisotopic (exact) mass is 423 g/mol. The fraction of sp³-hybridized carbons (Fsp3) is 0.240. The maximum Gasteiger partial charge on any atom is 0.235 e. The van der Waals surface area contributed by atoms with Crippen LogP contribution in [-0.4, -0.2) is 16.1 Å². The number of β-lactam (4-membered cyclic amide) rings is 1. The average molecular weight is 423 g/mol. The van der Waals surface area contributed by atoms with Crippen molar-refractivity contribution < 1.29 is 23.8 Å². The molecule has 0 aliphatic carbocycles. The number of hydrogen-bond donors (Lipinski definition) is 2. The number of carbonyl (C=O) groups is 1. The Morgan fingerprint density at radius 1 is 0.935 bits per heavy atom. The number of aliphatic hydroxyl groups excluding tert-OH is 1. The van der Waals surface area contributed by atoms with Crippen LogP contribution < -0.4 is 4.90 Å². The average Bonchev–Trinajstić information content (AvgIpc) is 2.77. The highest BCUT2D eigenvalue weighted by Crippen LogP contribution is 2.55. The van der Waals surface area contributed by atoms with Gasteiger partial charge in [0.25, 0.3) is 0 Å². The normalized spacial score (nSPS) is 21.6. The highest BCUT2D eigenvalue weighted by Gasteiger charge is 2.58. The van der Waals surface area contributed by atoms with Crippen LogP contribution >= 0.6 is 0 Å². The molecule has 0 radical (unpaired) electrons. The van der Waals surface area contributed by atoms with Crippen molar-refractivity contribution in [2.75, 3.05) is 4.90 Å². The van der Waals surface area contributed by atoms with Gasteiger partial charge >= 0.3 is 0 Å². The molecule has 3 aromatic rings. The Labute approximate surface area is 179 Å². The summed E-state index contributed by atoms with van der Waals surface area (Å²) in [6, 6.07) is 17.7. The second kappa shape index (κ2) is 8.12. The number of hydrogen-bond acceptors (Lipinski definition) is 3. The first kappa shape index (κ1) is 21.0. The van der Waals surface area contributed by atoms with Crippen molar-refractivity contribution in [3.8, 4) is 5.75 Å². The first-order chi connectivity index (χ1) is 14.8. The van der Waals surface area contributed by atoms with Gasteiger partial charge in [0, 0.05) is 5.69 Å². The van der Waals surface area contributed by atoms with E-state index in [1.54, 1.807) is 41.3 Å². The Morgan fingerprint density at radius 2 is 1.48 bits per heavy atom. The zero-order chi connectivity index (χ0) is 22.2. The van der Waals surface area contributed by atoms with Gasteiger partial charge in [-0.1, -0.05) is 24.3 Å². The SMILES string of the molecule is CC1(CC[C@H](O)c2ccc(F)cc2)C(=O)N(c2ccc(F)cc2)[C@@H]1c1ccc(O)cc1. The zero-order valence-electron chi connectivity index (χ0n) is 17.0. The van der Waals surface area contributed by atoms with Crippen molar-refractivity contribution in [2.24, 2.45) is 5.41 Å². The summed E-state index contributed by atoms with van der Waals surface area (Å²) in [6.07, 6.45) is -0.113. The molecule has 3 atom stereocenters. The third-order valence-electron chi connectivity index (χ3n) is 6.07. The van der Waals surface area contributed by atoms with Crippen molar-refractivity contribution >= 4 is 11.6 Å². The van der Waals surface area contributed by atoms with Crippen LogP contribution in [0.4, 0.5) is 14.5 Å². The summed E-state index contributed by atoms with van der Waals surface area (Å²) in [4.78, 5) is 14.9. The molecule has 1 unspecified atom stereocenters. The van der Waals surface area contributed by atoms with Crippen LogP contribution in [0.15, 0.2) is 72.8 Å². The fourth-order valence-corrected chi connectivity index (χ4v) is 4.30. The van der Waals surface area contributed by atoms with E-state index < -0.39 is 11.5 Å². The van der Waals surface area contributed by atoms with Crippen molar-refractivity contribution in [2.45, 2.75) is 31.9 Å². The van der Waals surface area contributed by atoms with Gasteiger partial charge in [-0.2, -0.15) is 0 Å². The van der Waals surface area contributed by atoms with Crippen molar-refractivity contribution in [3.05, 3.63) is 95.6 Å². The van der Waals surface area contributed by atoms with Crippen LogP contribution in [0, 0.1) is 17.0 Å². The topological polar surface area (TPSA) is 60.8 Å². The second-order valence-corrected chi connectivity index (χ2v) is 8.17. The molecule has 1 fully saturated rings. The van der Waals surface area contributed by atoms with Gasteiger partial charge < -0.3 is 15.1 Å². The third kappa shape index (κ3) is 3.91. The van der Waals surface area contributed by atoms with Crippen molar-refractivity contribution in [1.29, 1.82) is 0 Å². The summed E-state index contributed by atoms with van der Waals surface area (Å²) in [5, 5.41) is 20.2. The number of carbonyl (C=O) groups excluding carboxylic acids is 1. The molecule has 1 aliphatic rings. The minimum Gasteiger partial charge on any atom is -0.508 e. The molecular formula is C25H23F2NO3. The van der Waals surface area contributed by atoms with Gasteiger partial charge in [0.1, 0.15) is 17.4 Å². The van der Waals surface area contributed by atoms with Crippen LogP contribution in [0.5, 0.6) is 5.75 Å². The van der Waals surface area contributed by atoms with Gasteiger partial charge in [0.05, 0.1) is 17.6 Å². The Morgan fingerprint density at radius 3 is 2.06 bits per heavy atom. The van der Waals surface area contributed by atoms with Crippen LogP contribution in [0.1, 0.15) is 43.0 Å². The van der Waals surface area contributed by atoms with Crippen molar-refractivity contribution in [1.82, 2.24) is 0 Å². The molecule has 2 N–H and O–H groups in total. The molecule has 1 saturated heterocycles. The van der Waals surface area contributed by atoms with E-state index >= 15 is 0 Å². The molecule has 0 bridgehead atoms. The van der Waals surface area contributed by atoms with Gasteiger partial charge in [-0.05, 0) is 79.4 Å². The molecule has 1 aliphatic heterocycles. The molecule has 1 heterocycles. The maximum absolute atomic E-state index is 13.4. The number of nitrogens with zero attached hydrogens (tertiary/aromatic N) is 1. The minimum absolute atomic E-state index is 0.121. The lowest BCUT2D eigenvalue weighted by Gasteiger charge is -2.55. The van der Waals surface area contributed by atoms with Gasteiger partial charge in [-0.3, -0.25) is 4.79 Å². The van der Waals surface area contributed by atoms with E-state index in [9.17, 15) is 23.8 Å². The lowest BCUT2D eigenvalue weighted by molar-refractivity contribution is -0.140. The van der Waals surface area contributed by atoms with Crippen LogP contribution in [0.3, 0.4) is 0 Å². The van der Waals surface area contributed by atoms with E-state index in [-0.39, 0.29) is 29.3 Å². The highest BCUT2D eigenvalue weighted by molar-refractivity contribution is 6.06. The molecule has 4 nitrogen and oxygen atoms in total. The summed E-state index contributed by atoms with van der Waals surface area (Å²) in [5.41, 5.74) is 1.21. The molecule has 4 rings (SSSR count). The number of rotatable bonds is 6. The van der Waals surface area contributed by atoms with E-state index in [4.69, 9.17) is 0 Å². The summed E-state index contributed by atoms with van der Waals surface area (Å²) < 4.78 is 26.6. The van der Waals surface area contributed by atoms with Crippen LogP contribution in [-0.2, 0) is 4.79 Å². The van der Waals surface area contributed by atoms with E-state index in [1.807, 2.05) is 6.92 Å². The van der Waals surface area contributed by atoms with E-state index in [0.717, 1.165) is 5.56 Å². The Hall–Kier alpha value is -3.25. The molecule has 3 aromatic carbocycles. The second-order valence-electron chi connectivity index (χ2n) is 8.17. The Kier molecular flexibility index (Phi) is 5.50. The van der Waals surface area contributed by atoms with E-state index in [2.05, 4.69) is 0 Å². The van der Waals surface area contributed by atoms with E-state index in [0.29, 0.717) is 24.1 Å². The molecule has 0 aromatic heterocycles. The molecule has 1 amide bonds. The quantitative estimate of drug-likeness (QED) is 0.531. The van der Waals surface area contributed by atoms with E-state index in [1.165, 1.54) is 36.4 Å². The smallest absolute Gasteiger partial charge is 0.235 e. The Balaban J connectivity index is 1.61. The first-order valence-electron chi connectivity index (χ1n) is 10.1. The van der Waals surface area contributed by atoms with Crippen LogP contribution in [0.2, 0.25) is 0 Å². The lowest BCUT2D eigenvalue weighted by atomic mass is 9.65. The van der Waals surface area contributed by atoms with Crippen molar-refractivity contribution in [3.63, 3.8) is 0 Å². The summed E-state index contributed by atoms with van der Waals surface area (Å²) in [6.45, 7) is 1.85. The number of aromatic hydroxyl groups is 1. The van der Waals surface area contributed by atoms with Gasteiger partial charge in [-0.25, -0.2) is 8.78 Å². The predicted octanol–water partition coefficient (Wildman–Crippen LogP) is 5.28. The first-order valence-corrected chi connectivity index (χ1v) is 10.1. The molecular weight excluding hydrogens is 400 g/mol. The molecule has 0 saturated carbocycles. The number of amides is 1. The number of aliphatic hydroxyl groups is 1. The molecule has 160 valence electrons. The minimum atomic E-state index is -0.828. The molecule has 31 heavy (non-hydrogen) atoms. The fourth-order valence-electron chi connectivity index (χ4n) is 4.30. The van der Waals surface area contributed by atoms with Crippen LogP contribution in [0.25, 0.3) is 0 Å². The maximum atomic E-state index is 13.4. The molecule has 0 spiro atoms. The van der Waals surface area contributed by atoms with Gasteiger partial charge in [-0.15, -0.1) is 0 Å². The molecule has 6 heteroatoms. The highest BCUT2D eigenvalue weighted by atomic mass is 19.1. The number of benzene rings is 3. The number of anilines is 1. The third-order valence-corrected chi connectivity index (χ3v) is 6.07. The number of phenols is 1. The number of phenolic OH excluding ortho intramolecular Hbond substituents is 1. The summed E-state index contributed by atoms with van der Waals surface area (Å²) in [5.74, 6) is -0.762. The van der Waals surface area contributed by atoms with Gasteiger partial charge in [0.15, 0.2) is 0 Å². The predicted molar refractivity (Wildman–Crippen MR) is 113 cm³/mol. The standard InChI is InChI=1S/C25H23F2NO3/c1-25(15-14-22(30)16-2-6-18(26)7-3-16)23(17-4-12-21(29)13-5-17)28(24(25)31)20-10-8-19(27)9-11-20/h2-13,22-23,29-30H,14-15H2,1H3/t22-,23+,25?/m0/s1. The Bertz CT molecular complexity index is 1070.